The van der Waals surface area contributed by atoms with Gasteiger partial charge in [0.1, 0.15) is 47.8 Å². The van der Waals surface area contributed by atoms with Gasteiger partial charge in [-0.3, -0.25) is 14.4 Å². The first-order chi connectivity index (χ1) is 35.0. The highest BCUT2D eigenvalue weighted by molar-refractivity contribution is 6.60. The van der Waals surface area contributed by atoms with Gasteiger partial charge < -0.3 is 70.3 Å². The maximum Gasteiger partial charge on any atom is 0.500 e. The van der Waals surface area contributed by atoms with Crippen molar-refractivity contribution in [2.24, 2.45) is 34.0 Å². The summed E-state index contributed by atoms with van der Waals surface area (Å²) >= 11 is 0. The highest BCUT2D eigenvalue weighted by atomic mass is 28.4. The lowest BCUT2D eigenvalue weighted by atomic mass is 10.1. The third-order valence-electron chi connectivity index (χ3n) is 12.6. The Kier molecular flexibility index (Phi) is 34.1. The highest BCUT2D eigenvalue weighted by Gasteiger charge is 2.62. The van der Waals surface area contributed by atoms with Gasteiger partial charge in [-0.1, -0.05) is 18.2 Å². The van der Waals surface area contributed by atoms with Gasteiger partial charge in [-0.15, -0.1) is 19.7 Å². The fourth-order valence-electron chi connectivity index (χ4n) is 7.29. The standard InChI is InChI=1S/C17H32O9Si.C13H22O6.C9H20O5Si.C8H12O4/c1-6-14-10-17(14,13-26-20-2)16(19)25-12-15(18)11-24-8-7-9-27(21-3,22-4)23-5;1-4-10-6-13(10,9-19-16-3)12(15)18-8-11(14)7-17-5-2;1-10-15(11-2,12-3)6-4-5-13-7-9-8-14-9;1-3-6-4-8(6,7(9)10)5-12-11-2/h6,14-15,18H,1,7-13H2,2-5H3;4,10-11,14H,1,5-9H2,2-3H3;9H,4-8H2,1-3H3;3,6H,1,4-5H2,2H3,(H,9,10). The van der Waals surface area contributed by atoms with E-state index >= 15 is 0 Å². The molecule has 0 aromatic heterocycles. The monoisotopic (exact) mass is 1090 g/mol. The topological polar surface area (TPSA) is 281 Å². The average molecular weight is 1090 g/mol. The number of aliphatic carboxylic acids is 1. The second-order valence-corrected chi connectivity index (χ2v) is 23.4. The Labute approximate surface area is 433 Å². The number of carbonyl (C=O) groups is 3. The molecule has 3 saturated carbocycles. The number of epoxide rings is 1. The van der Waals surface area contributed by atoms with E-state index in [0.29, 0.717) is 64.3 Å². The van der Waals surface area contributed by atoms with Gasteiger partial charge in [-0.25, -0.2) is 29.3 Å². The number of aliphatic hydroxyl groups excluding tert-OH is 2. The average Bonchev–Trinajstić information content (AvgIpc) is 4.23. The predicted octanol–water partition coefficient (Wildman–Crippen LogP) is 3.15. The molecule has 4 aliphatic rings. The molecule has 0 spiro atoms. The molecule has 9 atom stereocenters. The van der Waals surface area contributed by atoms with Gasteiger partial charge in [0.15, 0.2) is 0 Å². The largest absolute Gasteiger partial charge is 0.500 e. The first-order valence-corrected chi connectivity index (χ1v) is 27.8. The van der Waals surface area contributed by atoms with Gasteiger partial charge in [-0.05, 0) is 56.8 Å². The summed E-state index contributed by atoms with van der Waals surface area (Å²) in [4.78, 5) is 62.9. The van der Waals surface area contributed by atoms with E-state index in [9.17, 15) is 24.6 Å². The minimum Gasteiger partial charge on any atom is -0.481 e. The molecule has 4 rings (SSSR count). The van der Waals surface area contributed by atoms with Crippen molar-refractivity contribution in [2.75, 3.05) is 143 Å². The molecule has 9 unspecified atom stereocenters. The van der Waals surface area contributed by atoms with Crippen LogP contribution < -0.4 is 0 Å². The van der Waals surface area contributed by atoms with E-state index in [1.54, 1.807) is 60.9 Å². The molecule has 4 fully saturated rings. The second-order valence-electron chi connectivity index (χ2n) is 17.3. The summed E-state index contributed by atoms with van der Waals surface area (Å²) in [5.41, 5.74) is -2.27. The molecule has 1 heterocycles. The first-order valence-electron chi connectivity index (χ1n) is 23.9. The highest BCUT2D eigenvalue weighted by Crippen LogP contribution is 2.55. The van der Waals surface area contributed by atoms with E-state index in [1.807, 2.05) is 6.92 Å². The van der Waals surface area contributed by atoms with Crippen LogP contribution >= 0.6 is 0 Å². The molecule has 426 valence electrons. The number of allylic oxidation sites excluding steroid dienone is 3. The molecule has 1 saturated heterocycles. The van der Waals surface area contributed by atoms with Crippen LogP contribution in [0.3, 0.4) is 0 Å². The molecule has 3 aliphatic carbocycles. The summed E-state index contributed by atoms with van der Waals surface area (Å²) in [6.07, 6.45) is 7.01. The van der Waals surface area contributed by atoms with Crippen molar-refractivity contribution in [1.82, 2.24) is 0 Å². The van der Waals surface area contributed by atoms with Crippen molar-refractivity contribution in [3.63, 3.8) is 0 Å². The molecular formula is C47H86O24Si2. The SMILES string of the molecule is C=CC1CC1(COOC)C(=O)O.C=CC1CC1(COOC)C(=O)OCC(O)COCC.C=CC1CC1(COOC)C(=O)OCC(O)COCCC[Si](OC)(OC)OC.CO[Si](CCCOCC1CO1)(OC)OC. The molecule has 3 N–H and O–H groups in total. The van der Waals surface area contributed by atoms with Crippen LogP contribution in [0.2, 0.25) is 12.1 Å². The number of rotatable bonds is 40. The third-order valence-corrected chi connectivity index (χ3v) is 18.2. The van der Waals surface area contributed by atoms with Crippen LogP contribution in [-0.4, -0.2) is 212 Å². The van der Waals surface area contributed by atoms with Crippen LogP contribution in [-0.2, 0) is 98.7 Å². The van der Waals surface area contributed by atoms with Crippen molar-refractivity contribution in [2.45, 2.75) is 69.4 Å². The Morgan fingerprint density at radius 1 is 0.589 bits per heavy atom. The van der Waals surface area contributed by atoms with E-state index in [-0.39, 0.29) is 64.0 Å². The zero-order chi connectivity index (χ0) is 55.0. The molecule has 0 radical (unpaired) electrons. The number of carboxylic acid groups (broad SMARTS) is 1. The van der Waals surface area contributed by atoms with Gasteiger partial charge in [0, 0.05) is 74.6 Å². The third kappa shape index (κ3) is 23.2. The van der Waals surface area contributed by atoms with E-state index in [4.69, 9.17) is 69.9 Å². The van der Waals surface area contributed by atoms with E-state index in [2.05, 4.69) is 39.3 Å². The molecule has 0 aromatic carbocycles. The number of hydrogen-bond donors (Lipinski definition) is 3. The molecular weight excluding hydrogens is 1000 g/mol. The lowest BCUT2D eigenvalue weighted by Crippen LogP contribution is -2.42. The zero-order valence-electron chi connectivity index (χ0n) is 44.7. The molecule has 73 heavy (non-hydrogen) atoms. The smallest absolute Gasteiger partial charge is 0.481 e. The van der Waals surface area contributed by atoms with E-state index in [1.165, 1.54) is 21.3 Å². The quantitative estimate of drug-likeness (QED) is 0.0151. The molecule has 26 heteroatoms. The number of ether oxygens (including phenoxy) is 6. The molecule has 0 aromatic rings. The zero-order valence-corrected chi connectivity index (χ0v) is 46.7. The Bertz CT molecular complexity index is 1550. The van der Waals surface area contributed by atoms with Gasteiger partial charge in [-0.2, -0.15) is 0 Å². The molecule has 0 amide bonds. The van der Waals surface area contributed by atoms with Gasteiger partial charge in [0.25, 0.3) is 0 Å². The van der Waals surface area contributed by atoms with Crippen molar-refractivity contribution < 1.29 is 114 Å². The fraction of sp³-hybridized carbons (Fsp3) is 0.809. The van der Waals surface area contributed by atoms with Crippen molar-refractivity contribution in [3.8, 4) is 0 Å². The van der Waals surface area contributed by atoms with Gasteiger partial charge in [0.05, 0.1) is 67.6 Å². The van der Waals surface area contributed by atoms with Crippen molar-refractivity contribution in [3.05, 3.63) is 38.0 Å². The number of carboxylic acids is 1. The van der Waals surface area contributed by atoms with Crippen molar-refractivity contribution >= 4 is 35.5 Å². The van der Waals surface area contributed by atoms with Crippen LogP contribution in [0.5, 0.6) is 0 Å². The first kappa shape index (κ1) is 68.4. The molecule has 24 nitrogen and oxygen atoms in total. The van der Waals surface area contributed by atoms with Crippen LogP contribution in [0, 0.1) is 34.0 Å². The summed E-state index contributed by atoms with van der Waals surface area (Å²) < 4.78 is 63.0. The number of hydrogen-bond acceptors (Lipinski definition) is 23. The van der Waals surface area contributed by atoms with Crippen LogP contribution in [0.25, 0.3) is 0 Å². The number of carbonyl (C=O) groups excluding carboxylic acids is 2. The van der Waals surface area contributed by atoms with Crippen LogP contribution in [0.4, 0.5) is 0 Å². The molecule has 1 aliphatic heterocycles. The normalized spacial score (nSPS) is 25.2. The number of esters is 2. The van der Waals surface area contributed by atoms with Crippen LogP contribution in [0.1, 0.15) is 39.0 Å². The Hall–Kier alpha value is -2.66. The summed E-state index contributed by atoms with van der Waals surface area (Å²) in [7, 11) is 8.67. The lowest BCUT2D eigenvalue weighted by molar-refractivity contribution is -0.283. The summed E-state index contributed by atoms with van der Waals surface area (Å²) in [5, 5.41) is 28.3. The summed E-state index contributed by atoms with van der Waals surface area (Å²) in [5.74, 6) is -1.64. The van der Waals surface area contributed by atoms with Crippen molar-refractivity contribution in [1.29, 1.82) is 0 Å². The minimum atomic E-state index is -2.60. The maximum absolute atomic E-state index is 12.3. The Morgan fingerprint density at radius 3 is 1.26 bits per heavy atom. The summed E-state index contributed by atoms with van der Waals surface area (Å²) in [6.45, 7) is 16.2. The number of aliphatic hydroxyl groups is 2. The Morgan fingerprint density at radius 2 is 0.945 bits per heavy atom. The van der Waals surface area contributed by atoms with Gasteiger partial charge in [0.2, 0.25) is 0 Å². The van der Waals surface area contributed by atoms with Gasteiger partial charge >= 0.3 is 35.5 Å². The van der Waals surface area contributed by atoms with E-state index < -0.39 is 64.0 Å². The van der Waals surface area contributed by atoms with Crippen LogP contribution in [0.15, 0.2) is 38.0 Å². The fourth-order valence-corrected chi connectivity index (χ4v) is 10.7. The maximum atomic E-state index is 12.3. The predicted molar refractivity (Wildman–Crippen MR) is 263 cm³/mol. The lowest BCUT2D eigenvalue weighted by Gasteiger charge is -2.24. The minimum absolute atomic E-state index is 0.0136. The Balaban J connectivity index is 0.000000509. The molecule has 0 bridgehead atoms. The second kappa shape index (κ2) is 36.4. The summed E-state index contributed by atoms with van der Waals surface area (Å²) in [6, 6.07) is 1.38. The van der Waals surface area contributed by atoms with E-state index in [0.717, 1.165) is 19.1 Å².